The minimum absolute atomic E-state index is 0.899. The maximum absolute atomic E-state index is 8.27. The highest BCUT2D eigenvalue weighted by molar-refractivity contribution is 8.05. The van der Waals surface area contributed by atoms with Crippen LogP contribution in [0.3, 0.4) is 0 Å². The van der Waals surface area contributed by atoms with Crippen LogP contribution in [0.2, 0.25) is 0 Å². The molecule has 0 spiro atoms. The monoisotopic (exact) mass is 195 g/mol. The molecule has 0 heterocycles. The molecule has 3 heteroatoms. The standard InChI is InChI=1S/C9H9NS2/c10-8-11-6-7-12-9-4-2-1-3-5-9/h1-5H,6-7H2. The topological polar surface area (TPSA) is 23.8 Å². The van der Waals surface area contributed by atoms with Crippen molar-refractivity contribution in [1.29, 1.82) is 5.26 Å². The van der Waals surface area contributed by atoms with Gasteiger partial charge in [0.25, 0.3) is 0 Å². The Morgan fingerprint density at radius 1 is 1.17 bits per heavy atom. The third-order valence-corrected chi connectivity index (χ3v) is 3.07. The molecule has 62 valence electrons. The van der Waals surface area contributed by atoms with Gasteiger partial charge in [-0.15, -0.1) is 11.8 Å². The van der Waals surface area contributed by atoms with Crippen LogP contribution in [0.1, 0.15) is 0 Å². The Kier molecular flexibility index (Phi) is 4.74. The van der Waals surface area contributed by atoms with Gasteiger partial charge < -0.3 is 0 Å². The van der Waals surface area contributed by atoms with Crippen LogP contribution < -0.4 is 0 Å². The highest BCUT2D eigenvalue weighted by atomic mass is 32.2. The molecule has 0 radical (unpaired) electrons. The SMILES string of the molecule is N#CSCCSc1ccccc1. The van der Waals surface area contributed by atoms with Crippen molar-refractivity contribution >= 4 is 23.5 Å². The van der Waals surface area contributed by atoms with Crippen LogP contribution in [0.4, 0.5) is 0 Å². The maximum Gasteiger partial charge on any atom is 0.133 e. The predicted molar refractivity (Wildman–Crippen MR) is 55.2 cm³/mol. The molecule has 0 aromatic heterocycles. The number of rotatable bonds is 4. The zero-order valence-corrected chi connectivity index (χ0v) is 8.20. The molecule has 0 fully saturated rings. The average Bonchev–Trinajstić information content (AvgIpc) is 2.14. The van der Waals surface area contributed by atoms with Crippen LogP contribution in [0.15, 0.2) is 35.2 Å². The van der Waals surface area contributed by atoms with Crippen LogP contribution in [0, 0.1) is 10.7 Å². The summed E-state index contributed by atoms with van der Waals surface area (Å²) in [5.74, 6) is 1.90. The third kappa shape index (κ3) is 3.70. The molecule has 0 aliphatic carbocycles. The summed E-state index contributed by atoms with van der Waals surface area (Å²) in [6.07, 6.45) is 0. The Balaban J connectivity index is 2.21. The molecule has 0 saturated heterocycles. The fourth-order valence-corrected chi connectivity index (χ4v) is 2.11. The van der Waals surface area contributed by atoms with E-state index in [1.807, 2.05) is 18.2 Å². The van der Waals surface area contributed by atoms with E-state index < -0.39 is 0 Å². The van der Waals surface area contributed by atoms with E-state index in [0.717, 1.165) is 11.5 Å². The van der Waals surface area contributed by atoms with E-state index in [1.165, 1.54) is 16.7 Å². The lowest BCUT2D eigenvalue weighted by atomic mass is 10.4. The molecule has 0 amide bonds. The van der Waals surface area contributed by atoms with Crippen molar-refractivity contribution in [3.8, 4) is 5.40 Å². The summed E-state index contributed by atoms with van der Waals surface area (Å²) in [6.45, 7) is 0. The Morgan fingerprint density at radius 3 is 2.58 bits per heavy atom. The first-order chi connectivity index (χ1) is 5.93. The lowest BCUT2D eigenvalue weighted by Gasteiger charge is -1.97. The van der Waals surface area contributed by atoms with E-state index in [1.54, 1.807) is 11.8 Å². The molecule has 1 nitrogen and oxygen atoms in total. The fourth-order valence-electron chi connectivity index (χ4n) is 0.764. The van der Waals surface area contributed by atoms with E-state index >= 15 is 0 Å². The van der Waals surface area contributed by atoms with Crippen LogP contribution >= 0.6 is 23.5 Å². The molecular weight excluding hydrogens is 186 g/mol. The molecule has 0 saturated carbocycles. The molecule has 0 aliphatic heterocycles. The zero-order valence-electron chi connectivity index (χ0n) is 6.56. The molecule has 0 atom stereocenters. The lowest BCUT2D eigenvalue weighted by Crippen LogP contribution is -1.80. The number of thioether (sulfide) groups is 2. The van der Waals surface area contributed by atoms with Crippen LogP contribution in [-0.2, 0) is 0 Å². The summed E-state index contributed by atoms with van der Waals surface area (Å²) < 4.78 is 0. The number of nitrogens with zero attached hydrogens (tertiary/aromatic N) is 1. The fraction of sp³-hybridized carbons (Fsp3) is 0.222. The molecule has 1 aromatic rings. The molecule has 0 bridgehead atoms. The van der Waals surface area contributed by atoms with Crippen LogP contribution in [0.25, 0.3) is 0 Å². The number of thiocyanates is 1. The minimum atomic E-state index is 0.899. The first kappa shape index (κ1) is 9.50. The first-order valence-corrected chi connectivity index (χ1v) is 5.59. The van der Waals surface area contributed by atoms with Gasteiger partial charge in [-0.05, 0) is 23.9 Å². The van der Waals surface area contributed by atoms with Crippen molar-refractivity contribution < 1.29 is 0 Å². The lowest BCUT2D eigenvalue weighted by molar-refractivity contribution is 1.44. The summed E-state index contributed by atoms with van der Waals surface area (Å²) in [5, 5.41) is 10.3. The quantitative estimate of drug-likeness (QED) is 0.419. The molecule has 1 aromatic carbocycles. The van der Waals surface area contributed by atoms with Crippen LogP contribution in [-0.4, -0.2) is 11.5 Å². The second-order valence-electron chi connectivity index (χ2n) is 2.10. The van der Waals surface area contributed by atoms with Gasteiger partial charge in [0.05, 0.1) is 0 Å². The normalized spacial score (nSPS) is 9.25. The highest BCUT2D eigenvalue weighted by Gasteiger charge is 1.91. The van der Waals surface area contributed by atoms with Gasteiger partial charge in [-0.25, -0.2) is 0 Å². The van der Waals surface area contributed by atoms with Gasteiger partial charge in [-0.3, -0.25) is 0 Å². The van der Waals surface area contributed by atoms with Crippen LogP contribution in [0.5, 0.6) is 0 Å². The summed E-state index contributed by atoms with van der Waals surface area (Å²) >= 11 is 3.10. The van der Waals surface area contributed by atoms with Crippen molar-refractivity contribution in [2.24, 2.45) is 0 Å². The van der Waals surface area contributed by atoms with Gasteiger partial charge in [0.2, 0.25) is 0 Å². The van der Waals surface area contributed by atoms with Crippen molar-refractivity contribution in [2.45, 2.75) is 4.90 Å². The van der Waals surface area contributed by atoms with E-state index in [0.29, 0.717) is 0 Å². The number of hydrogen-bond donors (Lipinski definition) is 0. The summed E-state index contributed by atoms with van der Waals surface area (Å²) in [4.78, 5) is 1.27. The molecular formula is C9H9NS2. The van der Waals surface area contributed by atoms with E-state index in [2.05, 4.69) is 17.5 Å². The Morgan fingerprint density at radius 2 is 1.92 bits per heavy atom. The van der Waals surface area contributed by atoms with Crippen molar-refractivity contribution in [1.82, 2.24) is 0 Å². The minimum Gasteiger partial charge on any atom is -0.185 e. The maximum atomic E-state index is 8.27. The van der Waals surface area contributed by atoms with Crippen molar-refractivity contribution in [3.63, 3.8) is 0 Å². The molecule has 0 unspecified atom stereocenters. The summed E-state index contributed by atoms with van der Waals surface area (Å²) in [5.41, 5.74) is 0. The summed E-state index contributed by atoms with van der Waals surface area (Å²) in [6, 6.07) is 10.2. The average molecular weight is 195 g/mol. The number of hydrogen-bond acceptors (Lipinski definition) is 3. The molecule has 0 aliphatic rings. The van der Waals surface area contributed by atoms with Gasteiger partial charge >= 0.3 is 0 Å². The zero-order chi connectivity index (χ0) is 8.65. The third-order valence-electron chi connectivity index (χ3n) is 1.26. The molecule has 12 heavy (non-hydrogen) atoms. The number of benzene rings is 1. The molecule has 0 N–H and O–H groups in total. The Hall–Kier alpha value is -0.590. The van der Waals surface area contributed by atoms with Gasteiger partial charge in [0.15, 0.2) is 0 Å². The van der Waals surface area contributed by atoms with Crippen molar-refractivity contribution in [2.75, 3.05) is 11.5 Å². The predicted octanol–water partition coefficient (Wildman–Crippen LogP) is 2.99. The van der Waals surface area contributed by atoms with Gasteiger partial charge in [0, 0.05) is 16.4 Å². The summed E-state index contributed by atoms with van der Waals surface area (Å²) in [7, 11) is 0. The highest BCUT2D eigenvalue weighted by Crippen LogP contribution is 2.17. The Bertz CT molecular complexity index is 253. The van der Waals surface area contributed by atoms with Gasteiger partial charge in [-0.2, -0.15) is 5.26 Å². The van der Waals surface area contributed by atoms with E-state index in [9.17, 15) is 0 Å². The van der Waals surface area contributed by atoms with E-state index in [-0.39, 0.29) is 0 Å². The van der Waals surface area contributed by atoms with Crippen molar-refractivity contribution in [3.05, 3.63) is 30.3 Å². The second kappa shape index (κ2) is 5.99. The second-order valence-corrected chi connectivity index (χ2v) is 4.15. The molecule has 1 rings (SSSR count). The largest absolute Gasteiger partial charge is 0.185 e. The van der Waals surface area contributed by atoms with E-state index in [4.69, 9.17) is 5.26 Å². The Labute approximate surface area is 81.2 Å². The smallest absolute Gasteiger partial charge is 0.133 e. The number of nitriles is 1. The van der Waals surface area contributed by atoms with Gasteiger partial charge in [0.1, 0.15) is 5.40 Å². The first-order valence-electron chi connectivity index (χ1n) is 3.62. The van der Waals surface area contributed by atoms with Gasteiger partial charge in [-0.1, -0.05) is 18.2 Å².